The van der Waals surface area contributed by atoms with Crippen LogP contribution >= 0.6 is 24.8 Å². The van der Waals surface area contributed by atoms with Crippen LogP contribution in [0.25, 0.3) is 10.9 Å². The molecule has 4 rings (SSSR count). The summed E-state index contributed by atoms with van der Waals surface area (Å²) in [7, 11) is 0. The molecule has 1 aromatic heterocycles. The van der Waals surface area contributed by atoms with E-state index in [0.717, 1.165) is 35.4 Å². The molecule has 2 N–H and O–H groups in total. The predicted molar refractivity (Wildman–Crippen MR) is 126 cm³/mol. The Kier molecular flexibility index (Phi) is 8.41. The number of para-hydroxylation sites is 1. The molecule has 1 aliphatic heterocycles. The van der Waals surface area contributed by atoms with Crippen LogP contribution in [0.3, 0.4) is 0 Å². The monoisotopic (exact) mass is 447 g/mol. The Labute approximate surface area is 189 Å². The zero-order valence-electron chi connectivity index (χ0n) is 16.9. The summed E-state index contributed by atoms with van der Waals surface area (Å²) < 4.78 is 0. The van der Waals surface area contributed by atoms with Gasteiger partial charge in [0.15, 0.2) is 0 Å². The fourth-order valence-electron chi connectivity index (χ4n) is 3.78. The summed E-state index contributed by atoms with van der Waals surface area (Å²) in [5.41, 5.74) is 9.06. The zero-order valence-corrected chi connectivity index (χ0v) is 18.5. The van der Waals surface area contributed by atoms with E-state index in [0.29, 0.717) is 19.6 Å². The standard InChI is InChI=1S/C22H25N5O.2ClH/c1-16-6-8-17(9-7-16)19(14-23)22(28)27-12-10-26(11-13-27)21-18-4-2-3-5-20(18)24-15-25-21;;/h2-9,15,19H,10-14,23H2,1H3;2*1H. The van der Waals surface area contributed by atoms with Crippen molar-refractivity contribution in [3.8, 4) is 0 Å². The number of fused-ring (bicyclic) bond motifs is 1. The van der Waals surface area contributed by atoms with Crippen molar-refractivity contribution in [3.63, 3.8) is 0 Å². The van der Waals surface area contributed by atoms with E-state index in [1.54, 1.807) is 6.33 Å². The van der Waals surface area contributed by atoms with Gasteiger partial charge in [-0.25, -0.2) is 9.97 Å². The molecule has 1 fully saturated rings. The first-order chi connectivity index (χ1) is 13.7. The van der Waals surface area contributed by atoms with Crippen LogP contribution in [-0.2, 0) is 4.79 Å². The lowest BCUT2D eigenvalue weighted by Crippen LogP contribution is -2.51. The summed E-state index contributed by atoms with van der Waals surface area (Å²) in [5, 5.41) is 1.05. The SMILES string of the molecule is Cc1ccc(C(CN)C(=O)N2CCN(c3ncnc4ccccc34)CC2)cc1.Cl.Cl. The largest absolute Gasteiger partial charge is 0.352 e. The fraction of sp³-hybridized carbons (Fsp3) is 0.318. The molecule has 30 heavy (non-hydrogen) atoms. The van der Waals surface area contributed by atoms with Crippen LogP contribution in [0.5, 0.6) is 0 Å². The van der Waals surface area contributed by atoms with Gasteiger partial charge in [0.2, 0.25) is 5.91 Å². The fourth-order valence-corrected chi connectivity index (χ4v) is 3.78. The highest BCUT2D eigenvalue weighted by Crippen LogP contribution is 2.25. The number of anilines is 1. The van der Waals surface area contributed by atoms with Crippen molar-refractivity contribution in [1.29, 1.82) is 0 Å². The minimum Gasteiger partial charge on any atom is -0.352 e. The molecule has 0 aliphatic carbocycles. The van der Waals surface area contributed by atoms with Crippen LogP contribution in [0.2, 0.25) is 0 Å². The average molecular weight is 448 g/mol. The first-order valence-electron chi connectivity index (χ1n) is 9.67. The third-order valence-corrected chi connectivity index (χ3v) is 5.43. The van der Waals surface area contributed by atoms with Crippen molar-refractivity contribution in [2.75, 3.05) is 37.6 Å². The molecule has 160 valence electrons. The molecule has 1 atom stereocenters. The average Bonchev–Trinajstić information content (AvgIpc) is 2.75. The molecule has 1 amide bonds. The number of carbonyl (C=O) groups excluding carboxylic acids is 1. The van der Waals surface area contributed by atoms with Crippen molar-refractivity contribution in [2.45, 2.75) is 12.8 Å². The van der Waals surface area contributed by atoms with Crippen LogP contribution in [0.1, 0.15) is 17.0 Å². The minimum absolute atomic E-state index is 0. The summed E-state index contributed by atoms with van der Waals surface area (Å²) in [6, 6.07) is 16.1. The maximum Gasteiger partial charge on any atom is 0.231 e. The van der Waals surface area contributed by atoms with E-state index < -0.39 is 0 Å². The van der Waals surface area contributed by atoms with Crippen molar-refractivity contribution in [1.82, 2.24) is 14.9 Å². The van der Waals surface area contributed by atoms with Crippen LogP contribution in [0.15, 0.2) is 54.9 Å². The predicted octanol–water partition coefficient (Wildman–Crippen LogP) is 3.17. The molecule has 0 radical (unpaired) electrons. The summed E-state index contributed by atoms with van der Waals surface area (Å²) in [6.07, 6.45) is 1.61. The topological polar surface area (TPSA) is 75.4 Å². The molecule has 6 nitrogen and oxygen atoms in total. The zero-order chi connectivity index (χ0) is 19.5. The molecule has 8 heteroatoms. The first-order valence-corrected chi connectivity index (χ1v) is 9.67. The number of aryl methyl sites for hydroxylation is 1. The Bertz CT molecular complexity index is 969. The van der Waals surface area contributed by atoms with Crippen LogP contribution in [0, 0.1) is 6.92 Å². The summed E-state index contributed by atoms with van der Waals surface area (Å²) in [5.74, 6) is 0.761. The van der Waals surface area contributed by atoms with Crippen molar-refractivity contribution in [2.24, 2.45) is 5.73 Å². The minimum atomic E-state index is -0.285. The summed E-state index contributed by atoms with van der Waals surface area (Å²) in [6.45, 7) is 5.19. The molecule has 1 unspecified atom stereocenters. The Hall–Kier alpha value is -2.41. The van der Waals surface area contributed by atoms with Gasteiger partial charge in [-0.15, -0.1) is 24.8 Å². The molecule has 0 bridgehead atoms. The third-order valence-electron chi connectivity index (χ3n) is 5.43. The normalized spacial score (nSPS) is 14.6. The molecule has 1 saturated heterocycles. The van der Waals surface area contributed by atoms with E-state index in [1.807, 2.05) is 60.4 Å². The van der Waals surface area contributed by atoms with Gasteiger partial charge in [-0.2, -0.15) is 0 Å². The van der Waals surface area contributed by atoms with Gasteiger partial charge in [0, 0.05) is 38.1 Å². The van der Waals surface area contributed by atoms with Crippen molar-refractivity contribution in [3.05, 3.63) is 66.0 Å². The van der Waals surface area contributed by atoms with E-state index in [-0.39, 0.29) is 36.6 Å². The number of nitrogens with two attached hydrogens (primary N) is 1. The molecular weight excluding hydrogens is 421 g/mol. The van der Waals surface area contributed by atoms with Crippen molar-refractivity contribution < 1.29 is 4.79 Å². The second-order valence-electron chi connectivity index (χ2n) is 7.23. The lowest BCUT2D eigenvalue weighted by Gasteiger charge is -2.37. The Morgan fingerprint density at radius 3 is 2.33 bits per heavy atom. The van der Waals surface area contributed by atoms with Gasteiger partial charge < -0.3 is 15.5 Å². The van der Waals surface area contributed by atoms with Crippen molar-refractivity contribution >= 4 is 47.4 Å². The highest BCUT2D eigenvalue weighted by Gasteiger charge is 2.28. The van der Waals surface area contributed by atoms with Crippen LogP contribution < -0.4 is 10.6 Å². The van der Waals surface area contributed by atoms with Gasteiger partial charge >= 0.3 is 0 Å². The number of carbonyl (C=O) groups is 1. The molecule has 0 saturated carbocycles. The van der Waals surface area contributed by atoms with Gasteiger partial charge in [-0.1, -0.05) is 42.0 Å². The third kappa shape index (κ3) is 4.83. The number of piperazine rings is 1. The van der Waals surface area contributed by atoms with E-state index in [2.05, 4.69) is 14.9 Å². The highest BCUT2D eigenvalue weighted by atomic mass is 35.5. The van der Waals surface area contributed by atoms with E-state index in [4.69, 9.17) is 5.73 Å². The second kappa shape index (κ2) is 10.6. The summed E-state index contributed by atoms with van der Waals surface area (Å²) >= 11 is 0. The summed E-state index contributed by atoms with van der Waals surface area (Å²) in [4.78, 5) is 26.1. The molecule has 0 spiro atoms. The molecular formula is C22H27Cl2N5O. The Morgan fingerprint density at radius 1 is 1.00 bits per heavy atom. The lowest BCUT2D eigenvalue weighted by atomic mass is 9.96. The van der Waals surface area contributed by atoms with E-state index in [1.165, 1.54) is 5.56 Å². The second-order valence-corrected chi connectivity index (χ2v) is 7.23. The number of hydrogen-bond donors (Lipinski definition) is 1. The van der Waals surface area contributed by atoms with Gasteiger partial charge in [0.05, 0.1) is 11.4 Å². The molecule has 3 aromatic rings. The van der Waals surface area contributed by atoms with Gasteiger partial charge in [-0.3, -0.25) is 4.79 Å². The Balaban J connectivity index is 0.00000160. The molecule has 2 aromatic carbocycles. The lowest BCUT2D eigenvalue weighted by molar-refractivity contribution is -0.132. The van der Waals surface area contributed by atoms with Crippen LogP contribution in [0.4, 0.5) is 5.82 Å². The number of nitrogens with zero attached hydrogens (tertiary/aromatic N) is 4. The maximum atomic E-state index is 13.1. The van der Waals surface area contributed by atoms with Gasteiger partial charge in [0.1, 0.15) is 12.1 Å². The van der Waals surface area contributed by atoms with Gasteiger partial charge in [0.25, 0.3) is 0 Å². The molecule has 2 heterocycles. The quantitative estimate of drug-likeness (QED) is 0.664. The number of rotatable bonds is 4. The number of aromatic nitrogens is 2. The number of amides is 1. The first kappa shape index (κ1) is 23.9. The van der Waals surface area contributed by atoms with E-state index in [9.17, 15) is 4.79 Å². The van der Waals surface area contributed by atoms with Gasteiger partial charge in [-0.05, 0) is 24.6 Å². The highest BCUT2D eigenvalue weighted by molar-refractivity contribution is 5.89. The number of benzene rings is 2. The van der Waals surface area contributed by atoms with Crippen LogP contribution in [-0.4, -0.2) is 53.5 Å². The maximum absolute atomic E-state index is 13.1. The Morgan fingerprint density at radius 2 is 1.67 bits per heavy atom. The molecule has 1 aliphatic rings. The smallest absolute Gasteiger partial charge is 0.231 e. The number of hydrogen-bond acceptors (Lipinski definition) is 5. The number of halogens is 2. The van der Waals surface area contributed by atoms with E-state index >= 15 is 0 Å².